The Bertz CT molecular complexity index is 904. The lowest BCUT2D eigenvalue weighted by Crippen LogP contribution is -2.46. The molecule has 0 saturated heterocycles. The normalized spacial score (nSPS) is 15.4. The molecule has 1 aliphatic rings. The molecule has 0 radical (unpaired) electrons. The number of carbonyl (C=O) groups is 1. The maximum Gasteiger partial charge on any atom is 0.230 e. The molecule has 4 rings (SSSR count). The van der Waals surface area contributed by atoms with Gasteiger partial charge in [0, 0.05) is 22.7 Å². The van der Waals surface area contributed by atoms with Crippen LogP contribution in [-0.4, -0.2) is 28.4 Å². The van der Waals surface area contributed by atoms with Crippen LogP contribution in [-0.2, 0) is 10.2 Å². The Kier molecular flexibility index (Phi) is 4.89. The SMILES string of the molecule is O=C(CSc1nncc2ccccc12)NCC1(c2ccccc2)CCC1. The van der Waals surface area contributed by atoms with Gasteiger partial charge in [0.15, 0.2) is 0 Å². The topological polar surface area (TPSA) is 54.9 Å². The molecule has 0 aliphatic heterocycles. The van der Waals surface area contributed by atoms with Crippen LogP contribution in [0.3, 0.4) is 0 Å². The summed E-state index contributed by atoms with van der Waals surface area (Å²) >= 11 is 1.44. The van der Waals surface area contributed by atoms with Crippen molar-refractivity contribution in [1.29, 1.82) is 0 Å². The predicted octanol–water partition coefficient (Wildman–Crippen LogP) is 3.96. The molecule has 26 heavy (non-hydrogen) atoms. The summed E-state index contributed by atoms with van der Waals surface area (Å²) in [4.78, 5) is 12.4. The minimum absolute atomic E-state index is 0.0481. The average molecular weight is 363 g/mol. The molecule has 1 amide bonds. The van der Waals surface area contributed by atoms with Crippen LogP contribution in [0.15, 0.2) is 65.8 Å². The zero-order chi connectivity index (χ0) is 17.8. The highest BCUT2D eigenvalue weighted by Gasteiger charge is 2.38. The van der Waals surface area contributed by atoms with Crippen LogP contribution >= 0.6 is 11.8 Å². The largest absolute Gasteiger partial charge is 0.354 e. The number of nitrogens with zero attached hydrogens (tertiary/aromatic N) is 2. The summed E-state index contributed by atoms with van der Waals surface area (Å²) in [5.74, 6) is 0.403. The van der Waals surface area contributed by atoms with Crippen LogP contribution in [0.5, 0.6) is 0 Å². The Morgan fingerprint density at radius 2 is 1.85 bits per heavy atom. The van der Waals surface area contributed by atoms with Crippen molar-refractivity contribution in [3.63, 3.8) is 0 Å². The molecule has 0 atom stereocenters. The molecule has 1 N–H and O–H groups in total. The lowest BCUT2D eigenvalue weighted by Gasteiger charge is -2.42. The van der Waals surface area contributed by atoms with Crippen molar-refractivity contribution < 1.29 is 4.79 Å². The van der Waals surface area contributed by atoms with E-state index in [9.17, 15) is 4.79 Å². The lowest BCUT2D eigenvalue weighted by molar-refractivity contribution is -0.119. The van der Waals surface area contributed by atoms with E-state index in [1.807, 2.05) is 30.3 Å². The second-order valence-corrected chi connectivity index (χ2v) is 7.77. The van der Waals surface area contributed by atoms with Gasteiger partial charge in [0.2, 0.25) is 5.91 Å². The molecule has 0 spiro atoms. The van der Waals surface area contributed by atoms with Gasteiger partial charge in [-0.15, -0.1) is 5.10 Å². The molecule has 3 aromatic rings. The minimum Gasteiger partial charge on any atom is -0.354 e. The smallest absolute Gasteiger partial charge is 0.230 e. The van der Waals surface area contributed by atoms with Gasteiger partial charge < -0.3 is 5.32 Å². The number of thioether (sulfide) groups is 1. The Morgan fingerprint density at radius 1 is 1.08 bits per heavy atom. The van der Waals surface area contributed by atoms with Crippen LogP contribution in [0, 0.1) is 0 Å². The summed E-state index contributed by atoms with van der Waals surface area (Å²) < 4.78 is 0. The van der Waals surface area contributed by atoms with Crippen molar-refractivity contribution in [2.75, 3.05) is 12.3 Å². The average Bonchev–Trinajstić information content (AvgIpc) is 2.66. The fourth-order valence-corrected chi connectivity index (χ4v) is 4.34. The standard InChI is InChI=1S/C21H21N3OS/c25-19(14-26-20-18-10-5-4-7-16(18)13-23-24-20)22-15-21(11-6-12-21)17-8-2-1-3-9-17/h1-5,7-10,13H,6,11-12,14-15H2,(H,22,25). The van der Waals surface area contributed by atoms with Gasteiger partial charge in [-0.3, -0.25) is 4.79 Å². The van der Waals surface area contributed by atoms with E-state index in [1.165, 1.54) is 23.7 Å². The Hall–Kier alpha value is -2.40. The second kappa shape index (κ2) is 7.46. The molecule has 1 aromatic heterocycles. The number of rotatable bonds is 6. The molecule has 1 fully saturated rings. The highest BCUT2D eigenvalue weighted by Crippen LogP contribution is 2.43. The third-order valence-corrected chi connectivity index (χ3v) is 6.18. The van der Waals surface area contributed by atoms with Gasteiger partial charge in [0.25, 0.3) is 0 Å². The first kappa shape index (κ1) is 17.0. The van der Waals surface area contributed by atoms with Gasteiger partial charge in [-0.1, -0.05) is 72.8 Å². The van der Waals surface area contributed by atoms with E-state index in [-0.39, 0.29) is 11.3 Å². The third-order valence-electron chi connectivity index (χ3n) is 5.20. The highest BCUT2D eigenvalue weighted by molar-refractivity contribution is 8.00. The van der Waals surface area contributed by atoms with Gasteiger partial charge in [-0.2, -0.15) is 5.10 Å². The molecule has 5 heteroatoms. The summed E-state index contributed by atoms with van der Waals surface area (Å²) in [7, 11) is 0. The molecular weight excluding hydrogens is 342 g/mol. The molecule has 1 aliphatic carbocycles. The number of aromatic nitrogens is 2. The summed E-state index contributed by atoms with van der Waals surface area (Å²) in [5, 5.41) is 14.3. The summed E-state index contributed by atoms with van der Waals surface area (Å²) in [6.45, 7) is 0.706. The van der Waals surface area contributed by atoms with E-state index < -0.39 is 0 Å². The predicted molar refractivity (Wildman–Crippen MR) is 105 cm³/mol. The van der Waals surface area contributed by atoms with Gasteiger partial charge >= 0.3 is 0 Å². The van der Waals surface area contributed by atoms with Crippen LogP contribution in [0.1, 0.15) is 24.8 Å². The van der Waals surface area contributed by atoms with Gasteiger partial charge in [0.05, 0.1) is 11.9 Å². The fourth-order valence-electron chi connectivity index (χ4n) is 3.52. The molecule has 4 nitrogen and oxygen atoms in total. The van der Waals surface area contributed by atoms with Gasteiger partial charge in [-0.05, 0) is 18.4 Å². The number of benzene rings is 2. The molecule has 0 bridgehead atoms. The van der Waals surface area contributed by atoms with Gasteiger partial charge in [-0.25, -0.2) is 0 Å². The van der Waals surface area contributed by atoms with E-state index >= 15 is 0 Å². The molecule has 0 unspecified atom stereocenters. The highest BCUT2D eigenvalue weighted by atomic mass is 32.2. The summed E-state index contributed by atoms with van der Waals surface area (Å²) in [6, 6.07) is 18.5. The number of fused-ring (bicyclic) bond motifs is 1. The number of carbonyl (C=O) groups excluding carboxylic acids is 1. The maximum atomic E-state index is 12.4. The van der Waals surface area contributed by atoms with Crippen LogP contribution in [0.2, 0.25) is 0 Å². The fraction of sp³-hybridized carbons (Fsp3) is 0.286. The van der Waals surface area contributed by atoms with Crippen molar-refractivity contribution in [2.24, 2.45) is 0 Å². The summed E-state index contributed by atoms with van der Waals surface area (Å²) in [6.07, 6.45) is 5.25. The van der Waals surface area contributed by atoms with E-state index in [0.29, 0.717) is 12.3 Å². The van der Waals surface area contributed by atoms with E-state index in [0.717, 1.165) is 28.6 Å². The first-order chi connectivity index (χ1) is 12.8. The number of nitrogens with one attached hydrogen (secondary N) is 1. The molecule has 132 valence electrons. The zero-order valence-corrected chi connectivity index (χ0v) is 15.3. The van der Waals surface area contributed by atoms with Crippen molar-refractivity contribution in [1.82, 2.24) is 15.5 Å². The monoisotopic (exact) mass is 363 g/mol. The van der Waals surface area contributed by atoms with Crippen molar-refractivity contribution >= 4 is 28.4 Å². The first-order valence-corrected chi connectivity index (χ1v) is 9.91. The quantitative estimate of drug-likeness (QED) is 0.674. The maximum absolute atomic E-state index is 12.4. The zero-order valence-electron chi connectivity index (χ0n) is 14.5. The molecular formula is C21H21N3OS. The van der Waals surface area contributed by atoms with E-state index in [4.69, 9.17) is 0 Å². The van der Waals surface area contributed by atoms with Crippen molar-refractivity contribution in [3.8, 4) is 0 Å². The number of hydrogen-bond acceptors (Lipinski definition) is 4. The minimum atomic E-state index is 0.0481. The van der Waals surface area contributed by atoms with Crippen molar-refractivity contribution in [3.05, 3.63) is 66.4 Å². The number of hydrogen-bond donors (Lipinski definition) is 1. The van der Waals surface area contributed by atoms with E-state index in [1.54, 1.807) is 6.20 Å². The van der Waals surface area contributed by atoms with Crippen molar-refractivity contribution in [2.45, 2.75) is 29.7 Å². The van der Waals surface area contributed by atoms with E-state index in [2.05, 4.69) is 39.8 Å². The van der Waals surface area contributed by atoms with Crippen LogP contribution in [0.25, 0.3) is 10.8 Å². The second-order valence-electron chi connectivity index (χ2n) is 6.80. The first-order valence-electron chi connectivity index (χ1n) is 8.92. The Balaban J connectivity index is 1.37. The Morgan fingerprint density at radius 3 is 2.62 bits per heavy atom. The summed E-state index contributed by atoms with van der Waals surface area (Å²) in [5.41, 5.74) is 1.44. The molecule has 2 aromatic carbocycles. The van der Waals surface area contributed by atoms with Crippen LogP contribution < -0.4 is 5.32 Å². The Labute approximate surface area is 157 Å². The van der Waals surface area contributed by atoms with Crippen LogP contribution in [0.4, 0.5) is 0 Å². The number of amides is 1. The molecule has 1 saturated carbocycles. The van der Waals surface area contributed by atoms with Gasteiger partial charge in [0.1, 0.15) is 5.03 Å². The lowest BCUT2D eigenvalue weighted by atomic mass is 9.64. The molecule has 1 heterocycles. The third kappa shape index (κ3) is 3.44.